The summed E-state index contributed by atoms with van der Waals surface area (Å²) in [7, 11) is -3.82. The molecule has 1 amide bonds. The highest BCUT2D eigenvalue weighted by atomic mass is 35.5. The van der Waals surface area contributed by atoms with Crippen molar-refractivity contribution in [1.82, 2.24) is 5.32 Å². The van der Waals surface area contributed by atoms with E-state index in [2.05, 4.69) is 5.32 Å². The second-order valence-electron chi connectivity index (χ2n) is 7.12. The number of fused-ring (bicyclic) bond motifs is 1. The minimum absolute atomic E-state index is 0.0495. The van der Waals surface area contributed by atoms with Crippen molar-refractivity contribution < 1.29 is 13.2 Å². The van der Waals surface area contributed by atoms with Crippen molar-refractivity contribution in [3.63, 3.8) is 0 Å². The molecule has 7 heteroatoms. The van der Waals surface area contributed by atoms with E-state index in [9.17, 15) is 13.2 Å². The number of rotatable bonds is 5. The lowest BCUT2D eigenvalue weighted by molar-refractivity contribution is 0.0951. The van der Waals surface area contributed by atoms with Crippen LogP contribution in [-0.4, -0.2) is 20.9 Å². The van der Waals surface area contributed by atoms with Gasteiger partial charge < -0.3 is 5.32 Å². The molecule has 1 N–H and O–H groups in total. The van der Waals surface area contributed by atoms with Gasteiger partial charge in [-0.2, -0.15) is 0 Å². The van der Waals surface area contributed by atoms with E-state index >= 15 is 0 Å². The fraction of sp³-hybridized carbons (Fsp3) is 0.174. The van der Waals surface area contributed by atoms with Gasteiger partial charge in [0.1, 0.15) is 0 Å². The molecule has 1 aliphatic heterocycles. The maximum Gasteiger partial charge on any atom is 0.264 e. The maximum atomic E-state index is 13.4. The standard InChI is InChI=1S/C23H21ClN2O3S/c24-21-13-12-19(15-20(21)23(27)25-16-17-7-2-1-3-8-17)30(28,29)26-14-6-10-18-9-4-5-11-22(18)26/h1-5,7-9,11-13,15H,6,10,14,16H2,(H,25,27). The summed E-state index contributed by atoms with van der Waals surface area (Å²) in [6, 6.07) is 21.2. The van der Waals surface area contributed by atoms with Crippen LogP contribution in [0.15, 0.2) is 77.7 Å². The third-order valence-corrected chi connectivity index (χ3v) is 7.27. The number of nitrogens with zero attached hydrogens (tertiary/aromatic N) is 1. The molecule has 4 rings (SSSR count). The Morgan fingerprint density at radius 2 is 1.73 bits per heavy atom. The van der Waals surface area contributed by atoms with Crippen LogP contribution in [0.5, 0.6) is 0 Å². The zero-order chi connectivity index (χ0) is 21.1. The number of hydrogen-bond donors (Lipinski definition) is 1. The quantitative estimate of drug-likeness (QED) is 0.639. The monoisotopic (exact) mass is 440 g/mol. The van der Waals surface area contributed by atoms with Gasteiger partial charge in [-0.25, -0.2) is 8.42 Å². The average molecular weight is 441 g/mol. The topological polar surface area (TPSA) is 66.5 Å². The number of para-hydroxylation sites is 1. The number of halogens is 1. The fourth-order valence-electron chi connectivity index (χ4n) is 3.59. The summed E-state index contributed by atoms with van der Waals surface area (Å²) in [5.74, 6) is -0.417. The summed E-state index contributed by atoms with van der Waals surface area (Å²) >= 11 is 6.22. The Morgan fingerprint density at radius 3 is 2.53 bits per heavy atom. The molecule has 0 bridgehead atoms. The Bertz CT molecular complexity index is 1180. The lowest BCUT2D eigenvalue weighted by Gasteiger charge is -2.30. The van der Waals surface area contributed by atoms with Gasteiger partial charge >= 0.3 is 0 Å². The predicted molar refractivity (Wildman–Crippen MR) is 118 cm³/mol. The van der Waals surface area contributed by atoms with Crippen LogP contribution in [0.2, 0.25) is 5.02 Å². The van der Waals surface area contributed by atoms with Crippen molar-refractivity contribution in [1.29, 1.82) is 0 Å². The molecule has 0 fully saturated rings. The number of nitrogens with one attached hydrogen (secondary N) is 1. The van der Waals surface area contributed by atoms with Crippen molar-refractivity contribution >= 4 is 33.2 Å². The van der Waals surface area contributed by atoms with E-state index in [-0.39, 0.29) is 15.5 Å². The van der Waals surface area contributed by atoms with Gasteiger partial charge in [0.05, 0.1) is 21.2 Å². The molecule has 3 aromatic carbocycles. The van der Waals surface area contributed by atoms with Crippen LogP contribution in [0.1, 0.15) is 27.9 Å². The highest BCUT2D eigenvalue weighted by Crippen LogP contribution is 2.32. The number of sulfonamides is 1. The molecule has 30 heavy (non-hydrogen) atoms. The molecule has 154 valence electrons. The Morgan fingerprint density at radius 1 is 1.00 bits per heavy atom. The molecule has 1 heterocycles. The summed E-state index contributed by atoms with van der Waals surface area (Å²) in [6.45, 7) is 0.726. The van der Waals surface area contributed by atoms with E-state index in [0.29, 0.717) is 18.8 Å². The third-order valence-electron chi connectivity index (χ3n) is 5.13. The molecule has 3 aromatic rings. The van der Waals surface area contributed by atoms with Gasteiger partial charge in [0.25, 0.3) is 15.9 Å². The molecular formula is C23H21ClN2O3S. The SMILES string of the molecule is O=C(NCc1ccccc1)c1cc(S(=O)(=O)N2CCCc3ccccc32)ccc1Cl. The third kappa shape index (κ3) is 4.06. The van der Waals surface area contributed by atoms with Crippen LogP contribution in [0.3, 0.4) is 0 Å². The summed E-state index contributed by atoms with van der Waals surface area (Å²) < 4.78 is 28.2. The molecule has 0 unspecified atom stereocenters. The Hall–Kier alpha value is -2.83. The van der Waals surface area contributed by atoms with Gasteiger partial charge in [-0.15, -0.1) is 0 Å². The number of carbonyl (C=O) groups excluding carboxylic acids is 1. The summed E-state index contributed by atoms with van der Waals surface area (Å²) in [4.78, 5) is 12.7. The summed E-state index contributed by atoms with van der Waals surface area (Å²) in [5.41, 5.74) is 2.77. The molecule has 0 saturated carbocycles. The van der Waals surface area contributed by atoms with E-state index in [1.165, 1.54) is 22.5 Å². The molecule has 0 spiro atoms. The van der Waals surface area contributed by atoms with Gasteiger partial charge in [0, 0.05) is 13.1 Å². The first kappa shape index (κ1) is 20.4. The van der Waals surface area contributed by atoms with E-state index in [0.717, 1.165) is 24.0 Å². The number of hydrogen-bond acceptors (Lipinski definition) is 3. The van der Waals surface area contributed by atoms with E-state index in [1.807, 2.05) is 54.6 Å². The Labute approximate surface area is 181 Å². The molecule has 0 aliphatic carbocycles. The highest BCUT2D eigenvalue weighted by molar-refractivity contribution is 7.92. The average Bonchev–Trinajstić information content (AvgIpc) is 2.78. The van der Waals surface area contributed by atoms with Crippen LogP contribution in [-0.2, 0) is 23.0 Å². The maximum absolute atomic E-state index is 13.4. The molecule has 0 aromatic heterocycles. The molecule has 0 radical (unpaired) electrons. The smallest absolute Gasteiger partial charge is 0.264 e. The summed E-state index contributed by atoms with van der Waals surface area (Å²) in [5, 5.41) is 3.01. The van der Waals surface area contributed by atoms with Crippen molar-refractivity contribution in [2.45, 2.75) is 24.3 Å². The molecule has 5 nitrogen and oxygen atoms in total. The van der Waals surface area contributed by atoms with Gasteiger partial charge in [0.15, 0.2) is 0 Å². The number of amides is 1. The normalized spacial score (nSPS) is 13.6. The minimum Gasteiger partial charge on any atom is -0.348 e. The lowest BCUT2D eigenvalue weighted by Crippen LogP contribution is -2.35. The van der Waals surface area contributed by atoms with Gasteiger partial charge in [-0.1, -0.05) is 60.1 Å². The van der Waals surface area contributed by atoms with Gasteiger partial charge in [-0.05, 0) is 48.2 Å². The molecule has 0 saturated heterocycles. The molecule has 1 aliphatic rings. The van der Waals surface area contributed by atoms with Gasteiger partial charge in [-0.3, -0.25) is 9.10 Å². The predicted octanol–water partition coefficient (Wildman–Crippen LogP) is 4.41. The Kier molecular flexibility index (Phi) is 5.79. The number of carbonyl (C=O) groups is 1. The highest BCUT2D eigenvalue weighted by Gasteiger charge is 2.29. The van der Waals surface area contributed by atoms with Crippen LogP contribution >= 0.6 is 11.6 Å². The molecule has 0 atom stereocenters. The van der Waals surface area contributed by atoms with Crippen LogP contribution in [0.4, 0.5) is 5.69 Å². The lowest BCUT2D eigenvalue weighted by atomic mass is 10.0. The molecular weight excluding hydrogens is 420 g/mol. The minimum atomic E-state index is -3.82. The van der Waals surface area contributed by atoms with Crippen molar-refractivity contribution in [3.05, 3.63) is 94.5 Å². The zero-order valence-corrected chi connectivity index (χ0v) is 17.8. The zero-order valence-electron chi connectivity index (χ0n) is 16.2. The number of aryl methyl sites for hydroxylation is 1. The van der Waals surface area contributed by atoms with E-state index in [4.69, 9.17) is 11.6 Å². The van der Waals surface area contributed by atoms with Crippen molar-refractivity contribution in [2.24, 2.45) is 0 Å². The first-order valence-corrected chi connectivity index (χ1v) is 11.5. The fourth-order valence-corrected chi connectivity index (χ4v) is 5.36. The number of anilines is 1. The van der Waals surface area contributed by atoms with Crippen LogP contribution in [0, 0.1) is 0 Å². The van der Waals surface area contributed by atoms with E-state index in [1.54, 1.807) is 0 Å². The van der Waals surface area contributed by atoms with Crippen LogP contribution < -0.4 is 9.62 Å². The second-order valence-corrected chi connectivity index (χ2v) is 9.39. The first-order chi connectivity index (χ1) is 14.5. The first-order valence-electron chi connectivity index (χ1n) is 9.69. The second kappa shape index (κ2) is 8.50. The largest absolute Gasteiger partial charge is 0.348 e. The van der Waals surface area contributed by atoms with Gasteiger partial charge in [0.2, 0.25) is 0 Å². The summed E-state index contributed by atoms with van der Waals surface area (Å²) in [6.07, 6.45) is 1.59. The van der Waals surface area contributed by atoms with Crippen LogP contribution in [0.25, 0.3) is 0 Å². The number of benzene rings is 3. The van der Waals surface area contributed by atoms with Crippen molar-refractivity contribution in [2.75, 3.05) is 10.8 Å². The Balaban J connectivity index is 1.62. The van der Waals surface area contributed by atoms with E-state index < -0.39 is 15.9 Å². The van der Waals surface area contributed by atoms with Crippen molar-refractivity contribution in [3.8, 4) is 0 Å².